The number of aliphatic carboxylic acids is 1. The summed E-state index contributed by atoms with van der Waals surface area (Å²) >= 11 is 0. The number of hydrogen-bond donors (Lipinski definition) is 1. The van der Waals surface area contributed by atoms with E-state index in [1.165, 1.54) is 0 Å². The molecule has 2 aromatic carbocycles. The summed E-state index contributed by atoms with van der Waals surface area (Å²) in [5.74, 6) is -3.09. The molecule has 0 aromatic heterocycles. The molecule has 1 heterocycles. The maximum Gasteiger partial charge on any atom is 0.415 e. The highest BCUT2D eigenvalue weighted by atomic mass is 19.1. The van der Waals surface area contributed by atoms with Crippen LogP contribution in [-0.2, 0) is 22.6 Å². The Kier molecular flexibility index (Phi) is 4.16. The number of carboxylic acids is 1. The molecular weight excluding hydrogens is 320 g/mol. The molecule has 1 atom stereocenters. The Balaban J connectivity index is 1.87. The van der Waals surface area contributed by atoms with E-state index in [1.54, 1.807) is 30.3 Å². The van der Waals surface area contributed by atoms with Crippen molar-refractivity contribution in [3.05, 3.63) is 65.2 Å². The molecule has 0 bridgehead atoms. The average Bonchev–Trinajstić information content (AvgIpc) is 2.93. The van der Waals surface area contributed by atoms with Crippen LogP contribution < -0.4 is 4.90 Å². The molecule has 5 nitrogen and oxygen atoms in total. The Bertz CT molecular complexity index is 795. The van der Waals surface area contributed by atoms with E-state index in [4.69, 9.17) is 4.74 Å². The highest BCUT2D eigenvalue weighted by Gasteiger charge is 2.41. The molecule has 0 radical (unpaired) electrons. The lowest BCUT2D eigenvalue weighted by Gasteiger charge is -2.22. The minimum absolute atomic E-state index is 0.0135. The quantitative estimate of drug-likeness (QED) is 0.937. The lowest BCUT2D eigenvalue weighted by atomic mass is 10.1. The van der Waals surface area contributed by atoms with Crippen molar-refractivity contribution in [3.8, 4) is 0 Å². The zero-order valence-electron chi connectivity index (χ0n) is 12.4. The average molecular weight is 333 g/mol. The van der Waals surface area contributed by atoms with Gasteiger partial charge in [-0.15, -0.1) is 0 Å². The zero-order chi connectivity index (χ0) is 17.3. The molecule has 0 fully saturated rings. The SMILES string of the molecule is O=C(O)[C@H]1Cc2c(F)cc(F)cc2N1C(=O)OCc1ccccc1. The first-order valence-corrected chi connectivity index (χ1v) is 7.18. The summed E-state index contributed by atoms with van der Waals surface area (Å²) in [5.41, 5.74) is 0.584. The number of carbonyl (C=O) groups is 2. The number of hydrogen-bond acceptors (Lipinski definition) is 3. The summed E-state index contributed by atoms with van der Waals surface area (Å²) in [6.45, 7) is -0.0738. The highest BCUT2D eigenvalue weighted by Crippen LogP contribution is 2.35. The number of rotatable bonds is 3. The Morgan fingerprint density at radius 1 is 1.21 bits per heavy atom. The molecule has 0 saturated heterocycles. The van der Waals surface area contributed by atoms with Gasteiger partial charge in [0.1, 0.15) is 24.3 Å². The van der Waals surface area contributed by atoms with Crippen molar-refractivity contribution in [2.75, 3.05) is 4.90 Å². The fraction of sp³-hybridized carbons (Fsp3) is 0.176. The Morgan fingerprint density at radius 2 is 1.92 bits per heavy atom. The van der Waals surface area contributed by atoms with Crippen LogP contribution in [-0.4, -0.2) is 23.2 Å². The molecule has 2 aromatic rings. The van der Waals surface area contributed by atoms with Gasteiger partial charge >= 0.3 is 12.1 Å². The van der Waals surface area contributed by atoms with Gasteiger partial charge in [-0.3, -0.25) is 4.90 Å². The van der Waals surface area contributed by atoms with E-state index in [1.807, 2.05) is 0 Å². The van der Waals surface area contributed by atoms with Crippen LogP contribution in [0.5, 0.6) is 0 Å². The number of halogens is 2. The summed E-state index contributed by atoms with van der Waals surface area (Å²) in [6.07, 6.45) is -1.20. The first kappa shape index (κ1) is 15.9. The van der Waals surface area contributed by atoms with Crippen LogP contribution in [0, 0.1) is 11.6 Å². The van der Waals surface area contributed by atoms with Gasteiger partial charge in [0, 0.05) is 18.1 Å². The molecule has 0 saturated carbocycles. The summed E-state index contributed by atoms with van der Waals surface area (Å²) in [4.78, 5) is 24.5. The maximum absolute atomic E-state index is 13.9. The summed E-state index contributed by atoms with van der Waals surface area (Å²) in [7, 11) is 0. The van der Waals surface area contributed by atoms with Gasteiger partial charge in [-0.1, -0.05) is 30.3 Å². The Hall–Kier alpha value is -2.96. The molecule has 3 rings (SSSR count). The second kappa shape index (κ2) is 6.27. The summed E-state index contributed by atoms with van der Waals surface area (Å²) < 4.78 is 32.4. The van der Waals surface area contributed by atoms with Crippen molar-refractivity contribution in [2.45, 2.75) is 19.1 Å². The van der Waals surface area contributed by atoms with Crippen molar-refractivity contribution in [2.24, 2.45) is 0 Å². The number of fused-ring (bicyclic) bond motifs is 1. The van der Waals surface area contributed by atoms with Crippen LogP contribution in [0.25, 0.3) is 0 Å². The van der Waals surface area contributed by atoms with E-state index < -0.39 is 29.7 Å². The minimum Gasteiger partial charge on any atom is -0.480 e. The minimum atomic E-state index is -1.33. The molecule has 1 N–H and O–H groups in total. The van der Waals surface area contributed by atoms with Crippen LogP contribution in [0.2, 0.25) is 0 Å². The van der Waals surface area contributed by atoms with Gasteiger partial charge in [-0.25, -0.2) is 18.4 Å². The lowest BCUT2D eigenvalue weighted by molar-refractivity contribution is -0.138. The van der Waals surface area contributed by atoms with Crippen LogP contribution in [0.1, 0.15) is 11.1 Å². The third kappa shape index (κ3) is 2.92. The van der Waals surface area contributed by atoms with Crippen LogP contribution in [0.3, 0.4) is 0 Å². The van der Waals surface area contributed by atoms with Crippen molar-refractivity contribution < 1.29 is 28.2 Å². The fourth-order valence-electron chi connectivity index (χ4n) is 2.67. The highest BCUT2D eigenvalue weighted by molar-refractivity contribution is 5.98. The van der Waals surface area contributed by atoms with E-state index in [2.05, 4.69) is 0 Å². The topological polar surface area (TPSA) is 66.8 Å². The normalized spacial score (nSPS) is 15.9. The third-order valence-corrected chi connectivity index (χ3v) is 3.79. The third-order valence-electron chi connectivity index (χ3n) is 3.79. The van der Waals surface area contributed by atoms with Gasteiger partial charge in [0.25, 0.3) is 0 Å². The van der Waals surface area contributed by atoms with Crippen LogP contribution >= 0.6 is 0 Å². The van der Waals surface area contributed by atoms with E-state index in [0.717, 1.165) is 11.0 Å². The van der Waals surface area contributed by atoms with Gasteiger partial charge in [0.2, 0.25) is 0 Å². The summed E-state index contributed by atoms with van der Waals surface area (Å²) in [6, 6.07) is 9.06. The van der Waals surface area contributed by atoms with E-state index >= 15 is 0 Å². The fourth-order valence-corrected chi connectivity index (χ4v) is 2.67. The van der Waals surface area contributed by atoms with Crippen molar-refractivity contribution in [1.29, 1.82) is 0 Å². The predicted octanol–water partition coefficient (Wildman–Crippen LogP) is 3.12. The first-order chi connectivity index (χ1) is 11.5. The number of benzene rings is 2. The number of amides is 1. The second-order valence-electron chi connectivity index (χ2n) is 5.35. The van der Waals surface area contributed by atoms with Crippen LogP contribution in [0.15, 0.2) is 42.5 Å². The van der Waals surface area contributed by atoms with Crippen LogP contribution in [0.4, 0.5) is 19.3 Å². The molecule has 1 aliphatic heterocycles. The number of carbonyl (C=O) groups excluding carboxylic acids is 1. The van der Waals surface area contributed by atoms with Gasteiger partial charge in [0.15, 0.2) is 0 Å². The number of nitrogens with zero attached hydrogens (tertiary/aromatic N) is 1. The van der Waals surface area contributed by atoms with Gasteiger partial charge in [-0.2, -0.15) is 0 Å². The molecule has 1 aliphatic rings. The van der Waals surface area contributed by atoms with Gasteiger partial charge < -0.3 is 9.84 Å². The monoisotopic (exact) mass is 333 g/mol. The standard InChI is InChI=1S/C17H13F2NO4/c18-11-6-13(19)12-8-15(16(21)22)20(14(12)7-11)17(23)24-9-10-4-2-1-3-5-10/h1-7,15H,8-9H2,(H,21,22)/t15-/m1/s1. The van der Waals surface area contributed by atoms with Crippen molar-refractivity contribution in [3.63, 3.8) is 0 Å². The molecule has 1 amide bonds. The largest absolute Gasteiger partial charge is 0.480 e. The maximum atomic E-state index is 13.9. The van der Waals surface area contributed by atoms with E-state index in [-0.39, 0.29) is 24.3 Å². The molecule has 0 unspecified atom stereocenters. The van der Waals surface area contributed by atoms with E-state index in [0.29, 0.717) is 11.6 Å². The smallest absolute Gasteiger partial charge is 0.415 e. The summed E-state index contributed by atoms with van der Waals surface area (Å²) in [5, 5.41) is 9.28. The Morgan fingerprint density at radius 3 is 2.58 bits per heavy atom. The first-order valence-electron chi connectivity index (χ1n) is 7.18. The number of carboxylic acid groups (broad SMARTS) is 1. The second-order valence-corrected chi connectivity index (χ2v) is 5.35. The molecule has 0 aliphatic carbocycles. The molecule has 0 spiro atoms. The Labute approximate surface area is 136 Å². The zero-order valence-corrected chi connectivity index (χ0v) is 12.4. The van der Waals surface area contributed by atoms with Gasteiger partial charge in [0.05, 0.1) is 5.69 Å². The molecule has 124 valence electrons. The lowest BCUT2D eigenvalue weighted by Crippen LogP contribution is -2.43. The van der Waals surface area contributed by atoms with Crippen molar-refractivity contribution in [1.82, 2.24) is 0 Å². The van der Waals surface area contributed by atoms with E-state index in [9.17, 15) is 23.5 Å². The predicted molar refractivity (Wildman–Crippen MR) is 80.6 cm³/mol. The van der Waals surface area contributed by atoms with Crippen molar-refractivity contribution >= 4 is 17.7 Å². The molecule has 24 heavy (non-hydrogen) atoms. The molecular formula is C17H13F2NO4. The number of anilines is 1. The number of ether oxygens (including phenoxy) is 1. The molecule has 7 heteroatoms. The van der Waals surface area contributed by atoms with Gasteiger partial charge in [-0.05, 0) is 11.6 Å².